The van der Waals surface area contributed by atoms with Crippen LogP contribution in [0.3, 0.4) is 0 Å². The summed E-state index contributed by atoms with van der Waals surface area (Å²) in [6.45, 7) is 5.75. The molecule has 1 aliphatic heterocycles. The molecule has 3 nitrogen and oxygen atoms in total. The third kappa shape index (κ3) is 4.25. The molecule has 1 aliphatic rings. The van der Waals surface area contributed by atoms with Crippen LogP contribution in [-0.2, 0) is 11.2 Å². The molecule has 0 aromatic heterocycles. The molecule has 5 heteroatoms. The van der Waals surface area contributed by atoms with Crippen molar-refractivity contribution in [3.05, 3.63) is 34.1 Å². The van der Waals surface area contributed by atoms with Gasteiger partial charge in [0.25, 0.3) is 0 Å². The number of nitrogens with zero attached hydrogens (tertiary/aromatic N) is 1. The van der Waals surface area contributed by atoms with Crippen molar-refractivity contribution in [1.82, 2.24) is 4.90 Å². The number of nitrogens with two attached hydrogens (primary N) is 1. The molecule has 1 aromatic carbocycles. The van der Waals surface area contributed by atoms with Crippen molar-refractivity contribution in [2.24, 2.45) is 5.73 Å². The monoisotopic (exact) mass is 344 g/mol. The van der Waals surface area contributed by atoms with Crippen molar-refractivity contribution in [3.63, 3.8) is 0 Å². The quantitative estimate of drug-likeness (QED) is 0.892. The molecule has 0 radical (unpaired) electrons. The molecule has 1 aromatic rings. The molecule has 0 amide bonds. The second-order valence-electron chi connectivity index (χ2n) is 5.31. The normalized spacial score (nSPS) is 21.9. The molecule has 2 N–H and O–H groups in total. The van der Waals surface area contributed by atoms with Gasteiger partial charge in [-0.1, -0.05) is 28.9 Å². The van der Waals surface area contributed by atoms with E-state index in [9.17, 15) is 4.39 Å². The Morgan fingerprint density at radius 2 is 2.35 bits per heavy atom. The fourth-order valence-corrected chi connectivity index (χ4v) is 2.92. The number of rotatable bonds is 5. The topological polar surface area (TPSA) is 38.5 Å². The standard InChI is InChI=1S/C15H22BrFN2O/c1-2-5-19-6-7-20-15(10-19)14(18)8-11-3-4-12(16)9-13(11)17/h3-4,9,14-15H,2,5-8,10,18H2,1H3. The van der Waals surface area contributed by atoms with Gasteiger partial charge in [0.15, 0.2) is 0 Å². The Kier molecular flexibility index (Phi) is 5.96. The van der Waals surface area contributed by atoms with Gasteiger partial charge in [-0.25, -0.2) is 4.39 Å². The molecule has 0 spiro atoms. The van der Waals surface area contributed by atoms with E-state index in [2.05, 4.69) is 27.8 Å². The second kappa shape index (κ2) is 7.50. The Hall–Kier alpha value is -0.490. The predicted molar refractivity (Wildman–Crippen MR) is 82.3 cm³/mol. The molecule has 1 heterocycles. The maximum absolute atomic E-state index is 13.8. The molecule has 112 valence electrons. The molecule has 0 aliphatic carbocycles. The Balaban J connectivity index is 1.95. The predicted octanol–water partition coefficient (Wildman–Crippen LogP) is 2.57. The highest BCUT2D eigenvalue weighted by Gasteiger charge is 2.26. The van der Waals surface area contributed by atoms with Gasteiger partial charge in [0.2, 0.25) is 0 Å². The van der Waals surface area contributed by atoms with Crippen LogP contribution in [0.2, 0.25) is 0 Å². The number of ether oxygens (including phenoxy) is 1. The zero-order chi connectivity index (χ0) is 14.5. The van der Waals surface area contributed by atoms with Crippen molar-refractivity contribution >= 4 is 15.9 Å². The Morgan fingerprint density at radius 1 is 1.55 bits per heavy atom. The van der Waals surface area contributed by atoms with Crippen LogP contribution in [0, 0.1) is 5.82 Å². The largest absolute Gasteiger partial charge is 0.374 e. The molecule has 2 atom stereocenters. The van der Waals surface area contributed by atoms with E-state index < -0.39 is 0 Å². The number of halogens is 2. The van der Waals surface area contributed by atoms with Gasteiger partial charge in [0, 0.05) is 23.6 Å². The van der Waals surface area contributed by atoms with Crippen LogP contribution < -0.4 is 5.73 Å². The van der Waals surface area contributed by atoms with Crippen LogP contribution in [0.25, 0.3) is 0 Å². The highest BCUT2D eigenvalue weighted by Crippen LogP contribution is 2.18. The van der Waals surface area contributed by atoms with Crippen LogP contribution in [0.1, 0.15) is 18.9 Å². The van der Waals surface area contributed by atoms with Gasteiger partial charge in [0.1, 0.15) is 5.82 Å². The zero-order valence-electron chi connectivity index (χ0n) is 11.8. The summed E-state index contributed by atoms with van der Waals surface area (Å²) in [4.78, 5) is 2.37. The number of benzene rings is 1. The van der Waals surface area contributed by atoms with Crippen molar-refractivity contribution in [3.8, 4) is 0 Å². The molecule has 2 unspecified atom stereocenters. The zero-order valence-corrected chi connectivity index (χ0v) is 13.4. The number of hydrogen-bond acceptors (Lipinski definition) is 3. The van der Waals surface area contributed by atoms with Gasteiger partial charge < -0.3 is 10.5 Å². The fraction of sp³-hybridized carbons (Fsp3) is 0.600. The molecule has 1 fully saturated rings. The van der Waals surface area contributed by atoms with E-state index in [1.807, 2.05) is 6.07 Å². The average Bonchev–Trinajstić information content (AvgIpc) is 2.42. The highest BCUT2D eigenvalue weighted by atomic mass is 79.9. The molecule has 0 saturated carbocycles. The summed E-state index contributed by atoms with van der Waals surface area (Å²) in [6, 6.07) is 4.93. The lowest BCUT2D eigenvalue weighted by molar-refractivity contribution is -0.0401. The van der Waals surface area contributed by atoms with Crippen molar-refractivity contribution < 1.29 is 9.13 Å². The summed E-state index contributed by atoms with van der Waals surface area (Å²) in [5, 5.41) is 0. The summed E-state index contributed by atoms with van der Waals surface area (Å²) in [6.07, 6.45) is 1.62. The second-order valence-corrected chi connectivity index (χ2v) is 6.23. The van der Waals surface area contributed by atoms with Gasteiger partial charge in [-0.2, -0.15) is 0 Å². The van der Waals surface area contributed by atoms with Gasteiger partial charge in [-0.3, -0.25) is 4.90 Å². The number of morpholine rings is 1. The van der Waals surface area contributed by atoms with E-state index in [1.165, 1.54) is 6.07 Å². The molecule has 20 heavy (non-hydrogen) atoms. The summed E-state index contributed by atoms with van der Waals surface area (Å²) < 4.78 is 20.3. The van der Waals surface area contributed by atoms with Crippen LogP contribution in [0.5, 0.6) is 0 Å². The van der Waals surface area contributed by atoms with Crippen molar-refractivity contribution in [1.29, 1.82) is 0 Å². The minimum Gasteiger partial charge on any atom is -0.374 e. The first-order chi connectivity index (χ1) is 9.60. The third-order valence-electron chi connectivity index (χ3n) is 3.67. The van der Waals surface area contributed by atoms with Crippen LogP contribution >= 0.6 is 15.9 Å². The Morgan fingerprint density at radius 3 is 3.05 bits per heavy atom. The van der Waals surface area contributed by atoms with Crippen LogP contribution in [-0.4, -0.2) is 43.3 Å². The molecular weight excluding hydrogens is 323 g/mol. The Labute approximate surface area is 128 Å². The lowest BCUT2D eigenvalue weighted by Gasteiger charge is -2.35. The summed E-state index contributed by atoms with van der Waals surface area (Å²) >= 11 is 3.26. The lowest BCUT2D eigenvalue weighted by Crippen LogP contribution is -2.51. The first-order valence-electron chi connectivity index (χ1n) is 7.13. The first-order valence-corrected chi connectivity index (χ1v) is 7.93. The molecule has 1 saturated heterocycles. The SMILES string of the molecule is CCCN1CCOC(C(N)Cc2ccc(Br)cc2F)C1. The van der Waals surface area contributed by atoms with E-state index in [-0.39, 0.29) is 18.0 Å². The number of hydrogen-bond donors (Lipinski definition) is 1. The van der Waals surface area contributed by atoms with Crippen LogP contribution in [0.15, 0.2) is 22.7 Å². The van der Waals surface area contributed by atoms with Crippen molar-refractivity contribution in [2.75, 3.05) is 26.2 Å². The minimum absolute atomic E-state index is 0.0154. The average molecular weight is 345 g/mol. The minimum atomic E-state index is -0.212. The smallest absolute Gasteiger partial charge is 0.127 e. The summed E-state index contributed by atoms with van der Waals surface area (Å²) in [5.41, 5.74) is 6.87. The van der Waals surface area contributed by atoms with Gasteiger partial charge in [-0.15, -0.1) is 0 Å². The van der Waals surface area contributed by atoms with Gasteiger partial charge in [0.05, 0.1) is 12.7 Å². The van der Waals surface area contributed by atoms with E-state index in [4.69, 9.17) is 10.5 Å². The van der Waals surface area contributed by atoms with Gasteiger partial charge >= 0.3 is 0 Å². The lowest BCUT2D eigenvalue weighted by atomic mass is 10.0. The van der Waals surface area contributed by atoms with Crippen LogP contribution in [0.4, 0.5) is 4.39 Å². The Bertz CT molecular complexity index is 442. The first kappa shape index (κ1) is 15.9. The summed E-state index contributed by atoms with van der Waals surface area (Å²) in [5.74, 6) is -0.212. The van der Waals surface area contributed by atoms with E-state index in [1.54, 1.807) is 6.07 Å². The fourth-order valence-electron chi connectivity index (χ4n) is 2.58. The highest BCUT2D eigenvalue weighted by molar-refractivity contribution is 9.10. The maximum atomic E-state index is 13.8. The van der Waals surface area contributed by atoms with Crippen molar-refractivity contribution in [2.45, 2.75) is 31.9 Å². The molecular formula is C15H22BrFN2O. The third-order valence-corrected chi connectivity index (χ3v) is 4.16. The molecule has 0 bridgehead atoms. The van der Waals surface area contributed by atoms with E-state index in [0.717, 1.165) is 30.5 Å². The van der Waals surface area contributed by atoms with E-state index >= 15 is 0 Å². The van der Waals surface area contributed by atoms with Gasteiger partial charge in [-0.05, 0) is 37.1 Å². The van der Waals surface area contributed by atoms with E-state index in [0.29, 0.717) is 18.6 Å². The maximum Gasteiger partial charge on any atom is 0.127 e. The summed E-state index contributed by atoms with van der Waals surface area (Å²) in [7, 11) is 0. The molecule has 2 rings (SSSR count).